The Kier molecular flexibility index (Phi) is 3.72. The summed E-state index contributed by atoms with van der Waals surface area (Å²) in [6.07, 6.45) is 0. The highest BCUT2D eigenvalue weighted by molar-refractivity contribution is 7.89. The summed E-state index contributed by atoms with van der Waals surface area (Å²) in [5.74, 6) is -0.0460. The van der Waals surface area contributed by atoms with Gasteiger partial charge in [0.1, 0.15) is 0 Å². The van der Waals surface area contributed by atoms with Gasteiger partial charge in [0.15, 0.2) is 0 Å². The third-order valence-corrected chi connectivity index (χ3v) is 4.43. The lowest BCUT2D eigenvalue weighted by molar-refractivity contribution is -0.135. The largest absolute Gasteiger partial charge is 0.338 e. The standard InChI is InChI=1S/C9H18N2O3S/c1-4-15(13,14)10-5-6-11(8(2)3)9(12)7-10/h8H,4-7H2,1-3H3. The molecule has 1 aliphatic heterocycles. The number of sulfonamides is 1. The summed E-state index contributed by atoms with van der Waals surface area (Å²) >= 11 is 0. The average Bonchev–Trinajstić information content (AvgIpc) is 2.17. The van der Waals surface area contributed by atoms with Crippen LogP contribution in [0.5, 0.6) is 0 Å². The van der Waals surface area contributed by atoms with Gasteiger partial charge in [0.05, 0.1) is 12.3 Å². The van der Waals surface area contributed by atoms with Crippen molar-refractivity contribution in [2.75, 3.05) is 25.4 Å². The second kappa shape index (κ2) is 4.49. The number of hydrogen-bond acceptors (Lipinski definition) is 3. The van der Waals surface area contributed by atoms with Crippen LogP contribution in [0, 0.1) is 0 Å². The second-order valence-corrected chi connectivity index (χ2v) is 6.17. The van der Waals surface area contributed by atoms with Crippen LogP contribution < -0.4 is 0 Å². The first-order valence-electron chi connectivity index (χ1n) is 5.15. The van der Waals surface area contributed by atoms with E-state index < -0.39 is 10.0 Å². The summed E-state index contributed by atoms with van der Waals surface area (Å²) in [4.78, 5) is 13.3. The summed E-state index contributed by atoms with van der Waals surface area (Å²) in [5.41, 5.74) is 0. The van der Waals surface area contributed by atoms with Crippen LogP contribution >= 0.6 is 0 Å². The van der Waals surface area contributed by atoms with E-state index in [-0.39, 0.29) is 24.2 Å². The van der Waals surface area contributed by atoms with Gasteiger partial charge in [0, 0.05) is 19.1 Å². The van der Waals surface area contributed by atoms with Crippen LogP contribution in [0.1, 0.15) is 20.8 Å². The Bertz CT molecular complexity index is 337. The van der Waals surface area contributed by atoms with Crippen molar-refractivity contribution in [3.8, 4) is 0 Å². The molecule has 0 aromatic heterocycles. The molecule has 0 N–H and O–H groups in total. The molecule has 0 aliphatic carbocycles. The van der Waals surface area contributed by atoms with Crippen molar-refractivity contribution in [3.05, 3.63) is 0 Å². The van der Waals surface area contributed by atoms with E-state index in [1.54, 1.807) is 11.8 Å². The molecule has 88 valence electrons. The average molecular weight is 234 g/mol. The maximum absolute atomic E-state index is 11.6. The molecule has 1 saturated heterocycles. The normalized spacial score (nSPS) is 20.0. The Balaban J connectivity index is 2.71. The summed E-state index contributed by atoms with van der Waals surface area (Å²) in [6, 6.07) is 0.143. The van der Waals surface area contributed by atoms with Gasteiger partial charge in [-0.15, -0.1) is 0 Å². The number of hydrogen-bond donors (Lipinski definition) is 0. The van der Waals surface area contributed by atoms with Gasteiger partial charge in [0.2, 0.25) is 15.9 Å². The van der Waals surface area contributed by atoms with Crippen molar-refractivity contribution in [1.82, 2.24) is 9.21 Å². The zero-order valence-electron chi connectivity index (χ0n) is 9.43. The molecule has 15 heavy (non-hydrogen) atoms. The minimum absolute atomic E-state index is 0.00560. The lowest BCUT2D eigenvalue weighted by Gasteiger charge is -2.35. The minimum atomic E-state index is -3.22. The molecule has 0 aromatic rings. The third kappa shape index (κ3) is 2.69. The molecular weight excluding hydrogens is 216 g/mol. The molecule has 0 bridgehead atoms. The van der Waals surface area contributed by atoms with E-state index in [2.05, 4.69) is 0 Å². The minimum Gasteiger partial charge on any atom is -0.338 e. The number of piperazine rings is 1. The van der Waals surface area contributed by atoms with Crippen LogP contribution in [0.2, 0.25) is 0 Å². The number of rotatable bonds is 3. The van der Waals surface area contributed by atoms with Crippen LogP contribution in [0.25, 0.3) is 0 Å². The lowest BCUT2D eigenvalue weighted by atomic mass is 10.2. The van der Waals surface area contributed by atoms with Crippen LogP contribution in [-0.2, 0) is 14.8 Å². The molecule has 1 amide bonds. The van der Waals surface area contributed by atoms with Gasteiger partial charge in [-0.1, -0.05) is 0 Å². The molecule has 1 aliphatic rings. The van der Waals surface area contributed by atoms with Crippen molar-refractivity contribution in [3.63, 3.8) is 0 Å². The zero-order valence-corrected chi connectivity index (χ0v) is 10.2. The van der Waals surface area contributed by atoms with E-state index in [1.165, 1.54) is 4.31 Å². The topological polar surface area (TPSA) is 57.7 Å². The monoisotopic (exact) mass is 234 g/mol. The van der Waals surface area contributed by atoms with Crippen molar-refractivity contribution in [1.29, 1.82) is 0 Å². The first-order valence-corrected chi connectivity index (χ1v) is 6.76. The van der Waals surface area contributed by atoms with Gasteiger partial charge in [-0.2, -0.15) is 4.31 Å². The number of nitrogens with zero attached hydrogens (tertiary/aromatic N) is 2. The third-order valence-electron chi connectivity index (χ3n) is 2.60. The molecule has 0 radical (unpaired) electrons. The molecule has 0 spiro atoms. The van der Waals surface area contributed by atoms with Crippen molar-refractivity contribution >= 4 is 15.9 Å². The Morgan fingerprint density at radius 1 is 1.33 bits per heavy atom. The summed E-state index contributed by atoms with van der Waals surface area (Å²) in [5, 5.41) is 0. The van der Waals surface area contributed by atoms with Gasteiger partial charge in [-0.3, -0.25) is 4.79 Å². The highest BCUT2D eigenvalue weighted by atomic mass is 32.2. The van der Waals surface area contributed by atoms with Gasteiger partial charge < -0.3 is 4.90 Å². The van der Waals surface area contributed by atoms with Crippen molar-refractivity contribution < 1.29 is 13.2 Å². The fourth-order valence-corrected chi connectivity index (χ4v) is 2.66. The van der Waals surface area contributed by atoms with Crippen LogP contribution in [0.4, 0.5) is 0 Å². The number of carbonyl (C=O) groups is 1. The highest BCUT2D eigenvalue weighted by Crippen LogP contribution is 2.11. The molecular formula is C9H18N2O3S. The van der Waals surface area contributed by atoms with Gasteiger partial charge in [0.25, 0.3) is 0 Å². The number of amides is 1. The molecule has 0 aromatic carbocycles. The molecule has 1 fully saturated rings. The molecule has 0 atom stereocenters. The Labute approximate surface area is 91.1 Å². The maximum Gasteiger partial charge on any atom is 0.238 e. The van der Waals surface area contributed by atoms with Gasteiger partial charge in [-0.25, -0.2) is 8.42 Å². The summed E-state index contributed by atoms with van der Waals surface area (Å²) < 4.78 is 24.3. The Morgan fingerprint density at radius 3 is 2.33 bits per heavy atom. The highest BCUT2D eigenvalue weighted by Gasteiger charge is 2.31. The predicted octanol–water partition coefficient (Wildman–Crippen LogP) is -0.111. The van der Waals surface area contributed by atoms with E-state index in [0.29, 0.717) is 13.1 Å². The van der Waals surface area contributed by atoms with E-state index in [0.717, 1.165) is 0 Å². The smallest absolute Gasteiger partial charge is 0.238 e. The molecule has 0 unspecified atom stereocenters. The first-order chi connectivity index (χ1) is 6.88. The van der Waals surface area contributed by atoms with Crippen LogP contribution in [0.3, 0.4) is 0 Å². The zero-order chi connectivity index (χ0) is 11.6. The van der Waals surface area contributed by atoms with Gasteiger partial charge >= 0.3 is 0 Å². The van der Waals surface area contributed by atoms with Gasteiger partial charge in [-0.05, 0) is 20.8 Å². The SMILES string of the molecule is CCS(=O)(=O)N1CCN(C(C)C)C(=O)C1. The molecule has 1 heterocycles. The second-order valence-electron chi connectivity index (χ2n) is 3.91. The van der Waals surface area contributed by atoms with Crippen molar-refractivity contribution in [2.45, 2.75) is 26.8 Å². The van der Waals surface area contributed by atoms with E-state index >= 15 is 0 Å². The Morgan fingerprint density at radius 2 is 1.93 bits per heavy atom. The molecule has 1 rings (SSSR count). The maximum atomic E-state index is 11.6. The molecule has 6 heteroatoms. The van der Waals surface area contributed by atoms with E-state index in [1.807, 2.05) is 13.8 Å². The van der Waals surface area contributed by atoms with E-state index in [9.17, 15) is 13.2 Å². The lowest BCUT2D eigenvalue weighted by Crippen LogP contribution is -2.54. The quantitative estimate of drug-likeness (QED) is 0.684. The Hall–Kier alpha value is -0.620. The summed E-state index contributed by atoms with van der Waals surface area (Å²) in [6.45, 7) is 6.36. The van der Waals surface area contributed by atoms with Crippen molar-refractivity contribution in [2.24, 2.45) is 0 Å². The fraction of sp³-hybridized carbons (Fsp3) is 0.889. The first kappa shape index (κ1) is 12.4. The van der Waals surface area contributed by atoms with Crippen LogP contribution in [-0.4, -0.2) is 55.0 Å². The molecule has 5 nitrogen and oxygen atoms in total. The molecule has 0 saturated carbocycles. The predicted molar refractivity (Wildman–Crippen MR) is 57.9 cm³/mol. The number of carbonyl (C=O) groups excluding carboxylic acids is 1. The summed E-state index contributed by atoms with van der Waals surface area (Å²) in [7, 11) is -3.22. The fourth-order valence-electron chi connectivity index (χ4n) is 1.63. The van der Waals surface area contributed by atoms with E-state index in [4.69, 9.17) is 0 Å². The van der Waals surface area contributed by atoms with Crippen LogP contribution in [0.15, 0.2) is 0 Å².